The molecule has 0 spiro atoms. The summed E-state index contributed by atoms with van der Waals surface area (Å²) in [6.45, 7) is 3.82. The van der Waals surface area contributed by atoms with Crippen molar-refractivity contribution in [2.45, 2.75) is 32.6 Å². The van der Waals surface area contributed by atoms with Crippen molar-refractivity contribution in [3.63, 3.8) is 0 Å². The van der Waals surface area contributed by atoms with Crippen LogP contribution in [-0.2, 0) is 24.4 Å². The summed E-state index contributed by atoms with van der Waals surface area (Å²) in [4.78, 5) is 18.8. The van der Waals surface area contributed by atoms with Crippen molar-refractivity contribution in [2.24, 2.45) is 0 Å². The summed E-state index contributed by atoms with van der Waals surface area (Å²) < 4.78 is 18.0. The lowest BCUT2D eigenvalue weighted by atomic mass is 10.0. The van der Waals surface area contributed by atoms with Crippen LogP contribution < -0.4 is 10.3 Å². The Morgan fingerprint density at radius 2 is 1.92 bits per heavy atom. The number of aromatic nitrogens is 5. The number of aromatic amines is 1. The largest absolute Gasteiger partial charge is 0.497 e. The molecule has 38 heavy (non-hydrogen) atoms. The molecule has 1 N–H and O–H groups in total. The van der Waals surface area contributed by atoms with Gasteiger partial charge in [-0.2, -0.15) is 0 Å². The molecule has 5 aromatic rings. The number of furan rings is 1. The molecule has 0 aliphatic rings. The SMILES string of the molecule is COCCn1nnnc1[C@@H](c1cc2cc(C)ccc2[nH]c1=O)N(Cc1ccc(OC)cc1)Cc1ccco1. The fourth-order valence-electron chi connectivity index (χ4n) is 4.60. The first-order chi connectivity index (χ1) is 18.6. The third-order valence-electron chi connectivity index (χ3n) is 6.48. The van der Waals surface area contributed by atoms with Gasteiger partial charge >= 0.3 is 0 Å². The van der Waals surface area contributed by atoms with E-state index >= 15 is 0 Å². The van der Waals surface area contributed by atoms with Crippen molar-refractivity contribution in [1.82, 2.24) is 30.1 Å². The molecule has 3 aromatic heterocycles. The highest BCUT2D eigenvalue weighted by Crippen LogP contribution is 2.30. The van der Waals surface area contributed by atoms with Crippen LogP contribution in [0.5, 0.6) is 5.75 Å². The summed E-state index contributed by atoms with van der Waals surface area (Å²) in [6, 6.07) is 18.9. The van der Waals surface area contributed by atoms with Gasteiger partial charge in [-0.15, -0.1) is 5.10 Å². The molecule has 0 radical (unpaired) electrons. The average molecular weight is 515 g/mol. The van der Waals surface area contributed by atoms with Crippen LogP contribution in [0.1, 0.15) is 34.3 Å². The van der Waals surface area contributed by atoms with Gasteiger partial charge in [0.05, 0.1) is 33.1 Å². The number of pyridine rings is 1. The van der Waals surface area contributed by atoms with E-state index in [2.05, 4.69) is 31.5 Å². The van der Waals surface area contributed by atoms with Gasteiger partial charge in [0, 0.05) is 24.7 Å². The standard InChI is InChI=1S/C28H30N6O4/c1-19-6-11-25-21(15-19)16-24(28(35)29-25)26(27-30-31-32-34(27)12-14-36-2)33(18-23-5-4-13-38-23)17-20-7-9-22(37-3)10-8-20/h4-11,13,15-16,26H,12,14,17-18H2,1-3H3,(H,29,35)/t26-/m1/s1. The fourth-order valence-corrected chi connectivity index (χ4v) is 4.60. The minimum atomic E-state index is -0.581. The molecule has 0 aliphatic heterocycles. The lowest BCUT2D eigenvalue weighted by Gasteiger charge is -2.30. The zero-order chi connectivity index (χ0) is 26.5. The number of tetrazole rings is 1. The number of benzene rings is 2. The second-order valence-corrected chi connectivity index (χ2v) is 9.13. The van der Waals surface area contributed by atoms with Gasteiger partial charge in [-0.25, -0.2) is 4.68 Å². The third kappa shape index (κ3) is 5.51. The Labute approximate surface area is 219 Å². The maximum absolute atomic E-state index is 13.6. The smallest absolute Gasteiger partial charge is 0.253 e. The van der Waals surface area contributed by atoms with Gasteiger partial charge in [0.25, 0.3) is 5.56 Å². The van der Waals surface area contributed by atoms with Crippen LogP contribution in [-0.4, -0.2) is 50.9 Å². The molecular formula is C28H30N6O4. The molecule has 0 aliphatic carbocycles. The molecule has 1 atom stereocenters. The topological polar surface area (TPSA) is 111 Å². The van der Waals surface area contributed by atoms with Crippen LogP contribution in [0.15, 0.2) is 76.1 Å². The lowest BCUT2D eigenvalue weighted by Crippen LogP contribution is -2.35. The summed E-state index contributed by atoms with van der Waals surface area (Å²) in [5, 5.41) is 13.5. The predicted octanol–water partition coefficient (Wildman–Crippen LogP) is 3.86. The van der Waals surface area contributed by atoms with E-state index in [1.807, 2.05) is 61.5 Å². The van der Waals surface area contributed by atoms with Crippen LogP contribution in [0.3, 0.4) is 0 Å². The average Bonchev–Trinajstić information content (AvgIpc) is 3.61. The number of fused-ring (bicyclic) bond motifs is 1. The highest BCUT2D eigenvalue weighted by Gasteiger charge is 2.31. The fraction of sp³-hybridized carbons (Fsp3) is 0.286. The molecule has 0 bridgehead atoms. The molecule has 10 nitrogen and oxygen atoms in total. The first-order valence-electron chi connectivity index (χ1n) is 12.3. The maximum atomic E-state index is 13.6. The number of rotatable bonds is 11. The lowest BCUT2D eigenvalue weighted by molar-refractivity contribution is 0.163. The van der Waals surface area contributed by atoms with Gasteiger partial charge in [0.1, 0.15) is 17.6 Å². The number of methoxy groups -OCH3 is 2. The molecular weight excluding hydrogens is 484 g/mol. The van der Waals surface area contributed by atoms with Crippen LogP contribution in [0.4, 0.5) is 0 Å². The molecule has 0 fully saturated rings. The second-order valence-electron chi connectivity index (χ2n) is 9.13. The molecule has 0 saturated carbocycles. The van der Waals surface area contributed by atoms with Gasteiger partial charge in [0.2, 0.25) is 0 Å². The van der Waals surface area contributed by atoms with Crippen LogP contribution in [0, 0.1) is 6.92 Å². The normalized spacial score (nSPS) is 12.3. The molecule has 2 aromatic carbocycles. The van der Waals surface area contributed by atoms with Crippen LogP contribution in [0.25, 0.3) is 10.9 Å². The van der Waals surface area contributed by atoms with Crippen LogP contribution in [0.2, 0.25) is 0 Å². The van der Waals surface area contributed by atoms with Gasteiger partial charge in [0.15, 0.2) is 5.82 Å². The number of hydrogen-bond donors (Lipinski definition) is 1. The molecule has 0 saturated heterocycles. The van der Waals surface area contributed by atoms with Crippen molar-refractivity contribution >= 4 is 10.9 Å². The quantitative estimate of drug-likeness (QED) is 0.283. The second kappa shape index (κ2) is 11.4. The van der Waals surface area contributed by atoms with Gasteiger partial charge < -0.3 is 18.9 Å². The highest BCUT2D eigenvalue weighted by molar-refractivity contribution is 5.79. The van der Waals surface area contributed by atoms with Crippen molar-refractivity contribution in [3.8, 4) is 5.75 Å². The number of aryl methyl sites for hydroxylation is 1. The van der Waals surface area contributed by atoms with E-state index in [-0.39, 0.29) is 5.56 Å². The Morgan fingerprint density at radius 3 is 2.66 bits per heavy atom. The number of H-pyrrole nitrogens is 1. The number of ether oxygens (including phenoxy) is 2. The van der Waals surface area contributed by atoms with E-state index in [1.54, 1.807) is 25.2 Å². The van der Waals surface area contributed by atoms with Gasteiger partial charge in [-0.3, -0.25) is 9.69 Å². The first-order valence-corrected chi connectivity index (χ1v) is 12.3. The summed E-state index contributed by atoms with van der Waals surface area (Å²) in [5.74, 6) is 2.07. The zero-order valence-corrected chi connectivity index (χ0v) is 21.6. The molecule has 0 unspecified atom stereocenters. The Morgan fingerprint density at radius 1 is 1.08 bits per heavy atom. The molecule has 3 heterocycles. The zero-order valence-electron chi connectivity index (χ0n) is 21.6. The van der Waals surface area contributed by atoms with E-state index < -0.39 is 6.04 Å². The number of nitrogens with zero attached hydrogens (tertiary/aromatic N) is 5. The maximum Gasteiger partial charge on any atom is 0.253 e. The van der Waals surface area contributed by atoms with Crippen molar-refractivity contribution in [3.05, 3.63) is 106 Å². The Hall–Kier alpha value is -4.28. The van der Waals surface area contributed by atoms with E-state index in [9.17, 15) is 4.79 Å². The monoisotopic (exact) mass is 514 g/mol. The van der Waals surface area contributed by atoms with E-state index in [0.717, 1.165) is 33.5 Å². The van der Waals surface area contributed by atoms with E-state index in [1.165, 1.54) is 0 Å². The van der Waals surface area contributed by atoms with Crippen molar-refractivity contribution in [1.29, 1.82) is 0 Å². The molecule has 196 valence electrons. The molecule has 10 heteroatoms. The van der Waals surface area contributed by atoms with Gasteiger partial charge in [-0.05, 0) is 70.8 Å². The van der Waals surface area contributed by atoms with E-state index in [4.69, 9.17) is 13.9 Å². The predicted molar refractivity (Wildman–Crippen MR) is 142 cm³/mol. The van der Waals surface area contributed by atoms with Gasteiger partial charge in [-0.1, -0.05) is 23.8 Å². The third-order valence-corrected chi connectivity index (χ3v) is 6.48. The summed E-state index contributed by atoms with van der Waals surface area (Å²) in [7, 11) is 3.27. The summed E-state index contributed by atoms with van der Waals surface area (Å²) >= 11 is 0. The highest BCUT2D eigenvalue weighted by atomic mass is 16.5. The number of nitrogens with one attached hydrogen (secondary N) is 1. The molecule has 0 amide bonds. The summed E-state index contributed by atoms with van der Waals surface area (Å²) in [6.07, 6.45) is 1.64. The Bertz CT molecular complexity index is 1540. The van der Waals surface area contributed by atoms with Crippen molar-refractivity contribution in [2.75, 3.05) is 20.8 Å². The Kier molecular flexibility index (Phi) is 7.62. The molecule has 5 rings (SSSR count). The summed E-state index contributed by atoms with van der Waals surface area (Å²) in [5.41, 5.74) is 3.24. The first kappa shape index (κ1) is 25.4. The minimum absolute atomic E-state index is 0.202. The van der Waals surface area contributed by atoms with E-state index in [0.29, 0.717) is 37.6 Å². The van der Waals surface area contributed by atoms with Crippen LogP contribution >= 0.6 is 0 Å². The minimum Gasteiger partial charge on any atom is -0.497 e. The Balaban J connectivity index is 1.67. The number of hydrogen-bond acceptors (Lipinski definition) is 8. The van der Waals surface area contributed by atoms with Crippen molar-refractivity contribution < 1.29 is 13.9 Å².